The van der Waals surface area contributed by atoms with Gasteiger partial charge in [0.2, 0.25) is 0 Å². The highest BCUT2D eigenvalue weighted by molar-refractivity contribution is 5.72. The summed E-state index contributed by atoms with van der Waals surface area (Å²) in [6.07, 6.45) is 2.02. The van der Waals surface area contributed by atoms with E-state index in [-0.39, 0.29) is 0 Å². The fraction of sp³-hybridized carbons (Fsp3) is 0.889. The maximum absolute atomic E-state index is 10.6. The molecule has 1 aliphatic carbocycles. The number of morpholine rings is 1. The van der Waals surface area contributed by atoms with E-state index in [9.17, 15) is 4.79 Å². The molecule has 0 spiro atoms. The third-order valence-corrected chi connectivity index (χ3v) is 2.64. The molecule has 1 atom stereocenters. The summed E-state index contributed by atoms with van der Waals surface area (Å²) in [5.74, 6) is -0.00644. The Labute approximate surface area is 77.5 Å². The van der Waals surface area contributed by atoms with Crippen molar-refractivity contribution >= 4 is 5.97 Å². The second-order valence-corrected chi connectivity index (χ2v) is 3.90. The fourth-order valence-electron chi connectivity index (χ4n) is 1.68. The van der Waals surface area contributed by atoms with Gasteiger partial charge in [-0.3, -0.25) is 4.90 Å². The Morgan fingerprint density at radius 3 is 2.92 bits per heavy atom. The zero-order valence-corrected chi connectivity index (χ0v) is 7.61. The second kappa shape index (κ2) is 3.64. The zero-order chi connectivity index (χ0) is 9.26. The average Bonchev–Trinajstić information content (AvgIpc) is 2.89. The number of carboxylic acid groups (broad SMARTS) is 1. The van der Waals surface area contributed by atoms with E-state index in [1.165, 1.54) is 12.8 Å². The molecule has 1 heterocycles. The Balaban J connectivity index is 1.80. The predicted molar refractivity (Wildman–Crippen MR) is 46.5 cm³/mol. The summed E-state index contributed by atoms with van der Waals surface area (Å²) in [4.78, 5) is 12.9. The van der Waals surface area contributed by atoms with Gasteiger partial charge in [-0.1, -0.05) is 0 Å². The summed E-state index contributed by atoms with van der Waals surface area (Å²) in [5.41, 5.74) is 0. The van der Waals surface area contributed by atoms with Crippen molar-refractivity contribution in [3.8, 4) is 0 Å². The van der Waals surface area contributed by atoms with Crippen LogP contribution in [0.5, 0.6) is 0 Å². The van der Waals surface area contributed by atoms with Gasteiger partial charge in [0.25, 0.3) is 0 Å². The minimum atomic E-state index is -0.833. The standard InChI is InChI=1S/C9H15NO3/c11-9(12)8-6-10(3-4-13-8)5-7-1-2-7/h7-8H,1-6H2,(H,11,12)/t8-/m1/s1. The Morgan fingerprint density at radius 1 is 1.54 bits per heavy atom. The third-order valence-electron chi connectivity index (χ3n) is 2.64. The SMILES string of the molecule is O=C(O)[C@H]1CN(CC2CC2)CCO1. The molecule has 4 nitrogen and oxygen atoms in total. The van der Waals surface area contributed by atoms with Crippen molar-refractivity contribution in [2.45, 2.75) is 18.9 Å². The number of carbonyl (C=O) groups is 1. The number of ether oxygens (including phenoxy) is 1. The number of aliphatic carboxylic acids is 1. The summed E-state index contributed by atoms with van der Waals surface area (Å²) in [6.45, 7) is 3.07. The van der Waals surface area contributed by atoms with Crippen molar-refractivity contribution in [3.05, 3.63) is 0 Å². The lowest BCUT2D eigenvalue weighted by Crippen LogP contribution is -2.46. The lowest BCUT2D eigenvalue weighted by molar-refractivity contribution is -0.156. The maximum Gasteiger partial charge on any atom is 0.334 e. The van der Waals surface area contributed by atoms with Crippen LogP contribution >= 0.6 is 0 Å². The minimum absolute atomic E-state index is 0.559. The molecule has 0 aromatic heterocycles. The van der Waals surface area contributed by atoms with E-state index in [1.54, 1.807) is 0 Å². The molecule has 1 saturated heterocycles. The number of nitrogens with zero attached hydrogens (tertiary/aromatic N) is 1. The predicted octanol–water partition coefficient (Wildman–Crippen LogP) is 0.182. The van der Waals surface area contributed by atoms with E-state index in [0.29, 0.717) is 13.2 Å². The van der Waals surface area contributed by atoms with Gasteiger partial charge in [-0.15, -0.1) is 0 Å². The molecule has 1 saturated carbocycles. The molecule has 0 amide bonds. The molecule has 0 aromatic rings. The molecule has 4 heteroatoms. The van der Waals surface area contributed by atoms with Crippen molar-refractivity contribution in [2.24, 2.45) is 5.92 Å². The van der Waals surface area contributed by atoms with Crippen LogP contribution in [0.15, 0.2) is 0 Å². The van der Waals surface area contributed by atoms with Crippen LogP contribution < -0.4 is 0 Å². The van der Waals surface area contributed by atoms with Crippen LogP contribution in [0.25, 0.3) is 0 Å². The van der Waals surface area contributed by atoms with Gasteiger partial charge in [0.05, 0.1) is 6.61 Å². The first-order chi connectivity index (χ1) is 6.25. The summed E-state index contributed by atoms with van der Waals surface area (Å²) in [7, 11) is 0. The highest BCUT2D eigenvalue weighted by Crippen LogP contribution is 2.30. The van der Waals surface area contributed by atoms with E-state index in [2.05, 4.69) is 4.90 Å². The largest absolute Gasteiger partial charge is 0.479 e. The third kappa shape index (κ3) is 2.42. The highest BCUT2D eigenvalue weighted by Gasteiger charge is 2.30. The molecular formula is C9H15NO3. The van der Waals surface area contributed by atoms with Crippen LogP contribution in [-0.2, 0) is 9.53 Å². The monoisotopic (exact) mass is 185 g/mol. The van der Waals surface area contributed by atoms with Crippen LogP contribution in [0.1, 0.15) is 12.8 Å². The van der Waals surface area contributed by atoms with E-state index >= 15 is 0 Å². The van der Waals surface area contributed by atoms with Crippen LogP contribution in [0.3, 0.4) is 0 Å². The van der Waals surface area contributed by atoms with Crippen LogP contribution in [-0.4, -0.2) is 48.3 Å². The Kier molecular flexibility index (Phi) is 2.51. The highest BCUT2D eigenvalue weighted by atomic mass is 16.5. The van der Waals surface area contributed by atoms with Crippen molar-refractivity contribution in [3.63, 3.8) is 0 Å². The Hall–Kier alpha value is -0.610. The smallest absolute Gasteiger partial charge is 0.334 e. The zero-order valence-electron chi connectivity index (χ0n) is 7.61. The van der Waals surface area contributed by atoms with Crippen molar-refractivity contribution in [2.75, 3.05) is 26.2 Å². The summed E-state index contributed by atoms with van der Waals surface area (Å²) < 4.78 is 5.13. The van der Waals surface area contributed by atoms with Gasteiger partial charge in [-0.25, -0.2) is 4.79 Å². The van der Waals surface area contributed by atoms with Gasteiger partial charge < -0.3 is 9.84 Å². The number of carboxylic acids is 1. The lowest BCUT2D eigenvalue weighted by atomic mass is 10.2. The number of hydrogen-bond donors (Lipinski definition) is 1. The molecule has 0 radical (unpaired) electrons. The van der Waals surface area contributed by atoms with Gasteiger partial charge in [-0.05, 0) is 18.8 Å². The quantitative estimate of drug-likeness (QED) is 0.681. The van der Waals surface area contributed by atoms with Crippen molar-refractivity contribution in [1.29, 1.82) is 0 Å². The van der Waals surface area contributed by atoms with Crippen LogP contribution in [0, 0.1) is 5.92 Å². The normalized spacial score (nSPS) is 30.3. The average molecular weight is 185 g/mol. The molecule has 74 valence electrons. The van der Waals surface area contributed by atoms with Gasteiger partial charge in [0.1, 0.15) is 0 Å². The topological polar surface area (TPSA) is 49.8 Å². The molecule has 2 aliphatic rings. The summed E-state index contributed by atoms with van der Waals surface area (Å²) in [5, 5.41) is 8.75. The second-order valence-electron chi connectivity index (χ2n) is 3.90. The van der Waals surface area contributed by atoms with E-state index in [0.717, 1.165) is 19.0 Å². The molecule has 2 rings (SSSR count). The number of rotatable bonds is 3. The molecule has 2 fully saturated rings. The van der Waals surface area contributed by atoms with E-state index in [1.807, 2.05) is 0 Å². The first kappa shape index (κ1) is 8.97. The Bertz CT molecular complexity index is 203. The molecular weight excluding hydrogens is 170 g/mol. The summed E-state index contributed by atoms with van der Waals surface area (Å²) >= 11 is 0. The van der Waals surface area contributed by atoms with Crippen molar-refractivity contribution < 1.29 is 14.6 Å². The first-order valence-electron chi connectivity index (χ1n) is 4.82. The minimum Gasteiger partial charge on any atom is -0.479 e. The molecule has 13 heavy (non-hydrogen) atoms. The van der Waals surface area contributed by atoms with E-state index < -0.39 is 12.1 Å². The molecule has 1 N–H and O–H groups in total. The fourth-order valence-corrected chi connectivity index (χ4v) is 1.68. The maximum atomic E-state index is 10.6. The van der Waals surface area contributed by atoms with Crippen molar-refractivity contribution in [1.82, 2.24) is 4.90 Å². The lowest BCUT2D eigenvalue weighted by Gasteiger charge is -2.30. The van der Waals surface area contributed by atoms with Crippen LogP contribution in [0.2, 0.25) is 0 Å². The molecule has 0 bridgehead atoms. The summed E-state index contributed by atoms with van der Waals surface area (Å²) in [6, 6.07) is 0. The van der Waals surface area contributed by atoms with Gasteiger partial charge in [0, 0.05) is 19.6 Å². The molecule has 0 aromatic carbocycles. The number of hydrogen-bond acceptors (Lipinski definition) is 3. The van der Waals surface area contributed by atoms with Crippen LogP contribution in [0.4, 0.5) is 0 Å². The van der Waals surface area contributed by atoms with E-state index in [4.69, 9.17) is 9.84 Å². The van der Waals surface area contributed by atoms with Gasteiger partial charge in [0.15, 0.2) is 6.10 Å². The molecule has 1 aliphatic heterocycles. The Morgan fingerprint density at radius 2 is 2.31 bits per heavy atom. The van der Waals surface area contributed by atoms with Gasteiger partial charge in [-0.2, -0.15) is 0 Å². The van der Waals surface area contributed by atoms with Gasteiger partial charge >= 0.3 is 5.97 Å². The molecule has 0 unspecified atom stereocenters. The first-order valence-corrected chi connectivity index (χ1v) is 4.82.